The highest BCUT2D eigenvalue weighted by atomic mass is 16.5. The van der Waals surface area contributed by atoms with E-state index in [1.165, 1.54) is 116 Å². The maximum Gasteiger partial charge on any atom is 0.306 e. The molecule has 0 aliphatic carbocycles. The van der Waals surface area contributed by atoms with Crippen molar-refractivity contribution >= 4 is 11.9 Å². The number of rotatable bonds is 46. The SMILES string of the molecule is CC/C=C/C/C=C/C/C=C/C/C=C/C/C=C/C(CC(=O)NC(CO)C(O)CCCCCCCCCCCCCCC)OC(=O)CCCCCCCCC/C=C\C/C=C\CCCCC. The van der Waals surface area contributed by atoms with E-state index in [9.17, 15) is 19.8 Å². The lowest BCUT2D eigenvalue weighted by Gasteiger charge is -2.23. The number of aliphatic hydroxyl groups is 2. The van der Waals surface area contributed by atoms with Crippen molar-refractivity contribution in [2.24, 2.45) is 0 Å². The summed E-state index contributed by atoms with van der Waals surface area (Å²) >= 11 is 0. The first-order valence-corrected chi connectivity index (χ1v) is 26.3. The number of hydrogen-bond acceptors (Lipinski definition) is 5. The molecule has 0 bridgehead atoms. The van der Waals surface area contributed by atoms with Gasteiger partial charge in [-0.25, -0.2) is 0 Å². The molecule has 0 rings (SSSR count). The third-order valence-electron chi connectivity index (χ3n) is 11.5. The third-order valence-corrected chi connectivity index (χ3v) is 11.5. The summed E-state index contributed by atoms with van der Waals surface area (Å²) in [4.78, 5) is 26.1. The molecule has 63 heavy (non-hydrogen) atoms. The number of allylic oxidation sites excluding steroid dienone is 13. The van der Waals surface area contributed by atoms with E-state index in [1.807, 2.05) is 6.08 Å². The molecule has 0 radical (unpaired) electrons. The van der Waals surface area contributed by atoms with Gasteiger partial charge in [-0.2, -0.15) is 0 Å². The van der Waals surface area contributed by atoms with Crippen LogP contribution in [-0.2, 0) is 14.3 Å². The van der Waals surface area contributed by atoms with Gasteiger partial charge in [-0.1, -0.05) is 228 Å². The monoisotopic (exact) mass is 878 g/mol. The summed E-state index contributed by atoms with van der Waals surface area (Å²) in [6, 6.07) is -0.747. The van der Waals surface area contributed by atoms with Crippen LogP contribution in [0.15, 0.2) is 85.1 Å². The molecule has 0 aromatic rings. The zero-order chi connectivity index (χ0) is 45.9. The Kier molecular flexibility index (Phi) is 47.7. The molecule has 0 heterocycles. The lowest BCUT2D eigenvalue weighted by atomic mass is 10.0. The maximum absolute atomic E-state index is 13.2. The van der Waals surface area contributed by atoms with Gasteiger partial charge in [0.05, 0.1) is 25.2 Å². The van der Waals surface area contributed by atoms with Crippen LogP contribution in [0.2, 0.25) is 0 Å². The van der Waals surface area contributed by atoms with Crippen LogP contribution < -0.4 is 5.32 Å². The van der Waals surface area contributed by atoms with Crippen LogP contribution in [0.25, 0.3) is 0 Å². The van der Waals surface area contributed by atoms with Gasteiger partial charge in [0, 0.05) is 6.42 Å². The van der Waals surface area contributed by atoms with E-state index < -0.39 is 18.2 Å². The summed E-state index contributed by atoms with van der Waals surface area (Å²) in [6.45, 7) is 6.30. The van der Waals surface area contributed by atoms with Crippen LogP contribution in [-0.4, -0.2) is 46.9 Å². The zero-order valence-electron chi connectivity index (χ0n) is 41.2. The summed E-state index contributed by atoms with van der Waals surface area (Å²) in [5, 5.41) is 23.7. The Hall–Kier alpha value is -2.96. The Morgan fingerprint density at radius 3 is 1.38 bits per heavy atom. The number of esters is 1. The highest BCUT2D eigenvalue weighted by Crippen LogP contribution is 2.16. The molecule has 3 unspecified atom stereocenters. The van der Waals surface area contributed by atoms with E-state index in [2.05, 4.69) is 99.0 Å². The lowest BCUT2D eigenvalue weighted by molar-refractivity contribution is -0.148. The number of nitrogens with one attached hydrogen (secondary N) is 1. The summed E-state index contributed by atoms with van der Waals surface area (Å²) in [5.41, 5.74) is 0. The molecule has 0 aliphatic heterocycles. The molecule has 0 aromatic carbocycles. The minimum atomic E-state index is -0.824. The molecule has 3 atom stereocenters. The smallest absolute Gasteiger partial charge is 0.306 e. The van der Waals surface area contributed by atoms with Crippen LogP contribution in [0.1, 0.15) is 239 Å². The molecule has 0 aliphatic rings. The second-order valence-corrected chi connectivity index (χ2v) is 17.5. The van der Waals surface area contributed by atoms with Crippen LogP contribution in [0, 0.1) is 0 Å². The quantitative estimate of drug-likeness (QED) is 0.0322. The van der Waals surface area contributed by atoms with Crippen LogP contribution in [0.3, 0.4) is 0 Å². The molecule has 6 nitrogen and oxygen atoms in total. The molecule has 362 valence electrons. The van der Waals surface area contributed by atoms with Crippen molar-refractivity contribution in [3.05, 3.63) is 85.1 Å². The predicted octanol–water partition coefficient (Wildman–Crippen LogP) is 16.0. The summed E-state index contributed by atoms with van der Waals surface area (Å²) in [7, 11) is 0. The van der Waals surface area contributed by atoms with Gasteiger partial charge < -0.3 is 20.3 Å². The first-order valence-electron chi connectivity index (χ1n) is 26.3. The molecule has 0 aromatic heterocycles. The first kappa shape index (κ1) is 60.0. The van der Waals surface area contributed by atoms with Gasteiger partial charge >= 0.3 is 5.97 Å². The fraction of sp³-hybridized carbons (Fsp3) is 0.719. The molecular weight excluding hydrogens is 779 g/mol. The Balaban J connectivity index is 4.72. The minimum absolute atomic E-state index is 0.0522. The fourth-order valence-electron chi connectivity index (χ4n) is 7.48. The zero-order valence-corrected chi connectivity index (χ0v) is 41.2. The van der Waals surface area contributed by atoms with E-state index in [0.29, 0.717) is 19.3 Å². The van der Waals surface area contributed by atoms with Crippen molar-refractivity contribution in [1.29, 1.82) is 0 Å². The topological polar surface area (TPSA) is 95.9 Å². The first-order chi connectivity index (χ1) is 31.0. The lowest BCUT2D eigenvalue weighted by Crippen LogP contribution is -2.46. The van der Waals surface area contributed by atoms with E-state index in [4.69, 9.17) is 4.74 Å². The van der Waals surface area contributed by atoms with Gasteiger partial charge in [0.1, 0.15) is 6.10 Å². The largest absolute Gasteiger partial charge is 0.458 e. The van der Waals surface area contributed by atoms with Crippen LogP contribution in [0.4, 0.5) is 0 Å². The highest BCUT2D eigenvalue weighted by Gasteiger charge is 2.23. The Morgan fingerprint density at radius 2 is 0.889 bits per heavy atom. The second-order valence-electron chi connectivity index (χ2n) is 17.5. The number of hydrogen-bond donors (Lipinski definition) is 3. The standard InChI is InChI=1S/C57H99NO5/c1-4-7-10-13-16-19-22-25-27-28-29-32-35-38-41-44-47-50-57(62)63-53(48-45-42-39-36-33-31-26-23-20-17-14-11-8-5-2)51-56(61)58-54(52-59)55(60)49-46-43-40-37-34-30-24-21-18-15-12-9-6-3/h8,11,16-17,19-20,25-27,31,36,39,45,48,53-55,59-60H,4-7,9-10,12-15,18,21-24,28-30,32-35,37-38,40-44,46-47,49-52H2,1-3H3,(H,58,61)/b11-8+,19-16-,20-17+,27-25-,31-26+,39-36+,48-45+. The number of amides is 1. The summed E-state index contributed by atoms with van der Waals surface area (Å²) in [6.07, 6.45) is 65.3. The molecule has 0 spiro atoms. The maximum atomic E-state index is 13.2. The van der Waals surface area contributed by atoms with Crippen molar-refractivity contribution in [1.82, 2.24) is 5.32 Å². The molecule has 0 saturated heterocycles. The molecule has 0 fully saturated rings. The number of carbonyl (C=O) groups excluding carboxylic acids is 2. The summed E-state index contributed by atoms with van der Waals surface area (Å²) < 4.78 is 5.82. The van der Waals surface area contributed by atoms with E-state index in [-0.39, 0.29) is 24.9 Å². The van der Waals surface area contributed by atoms with E-state index in [0.717, 1.165) is 77.0 Å². The normalized spacial score (nSPS) is 13.9. The Bertz CT molecular complexity index is 1210. The van der Waals surface area contributed by atoms with E-state index in [1.54, 1.807) is 6.08 Å². The van der Waals surface area contributed by atoms with Gasteiger partial charge in [0.25, 0.3) is 0 Å². The second kappa shape index (κ2) is 50.0. The van der Waals surface area contributed by atoms with Gasteiger partial charge in [0.2, 0.25) is 5.91 Å². The van der Waals surface area contributed by atoms with Gasteiger partial charge in [-0.3, -0.25) is 9.59 Å². The fourth-order valence-corrected chi connectivity index (χ4v) is 7.48. The van der Waals surface area contributed by atoms with Crippen molar-refractivity contribution < 1.29 is 24.5 Å². The highest BCUT2D eigenvalue weighted by molar-refractivity contribution is 5.78. The van der Waals surface area contributed by atoms with E-state index >= 15 is 0 Å². The van der Waals surface area contributed by atoms with Crippen LogP contribution in [0.5, 0.6) is 0 Å². The minimum Gasteiger partial charge on any atom is -0.458 e. The van der Waals surface area contributed by atoms with Crippen LogP contribution >= 0.6 is 0 Å². The molecule has 0 saturated carbocycles. The van der Waals surface area contributed by atoms with Gasteiger partial charge in [0.15, 0.2) is 0 Å². The molecule has 3 N–H and O–H groups in total. The third kappa shape index (κ3) is 45.4. The molecule has 6 heteroatoms. The van der Waals surface area contributed by atoms with Crippen molar-refractivity contribution in [3.63, 3.8) is 0 Å². The summed E-state index contributed by atoms with van der Waals surface area (Å²) in [5.74, 6) is -0.639. The number of ether oxygens (including phenoxy) is 1. The average Bonchev–Trinajstić information content (AvgIpc) is 3.28. The number of aliphatic hydroxyl groups excluding tert-OH is 2. The van der Waals surface area contributed by atoms with Gasteiger partial charge in [-0.15, -0.1) is 0 Å². The predicted molar refractivity (Wildman–Crippen MR) is 273 cm³/mol. The Morgan fingerprint density at radius 1 is 0.492 bits per heavy atom. The van der Waals surface area contributed by atoms with Crippen molar-refractivity contribution in [2.75, 3.05) is 6.61 Å². The van der Waals surface area contributed by atoms with Crippen molar-refractivity contribution in [2.45, 2.75) is 257 Å². The average molecular weight is 878 g/mol. The number of carbonyl (C=O) groups is 2. The molecular formula is C57H99NO5. The number of unbranched alkanes of at least 4 members (excludes halogenated alkanes) is 22. The Labute approximate surface area is 389 Å². The molecule has 1 amide bonds. The van der Waals surface area contributed by atoms with Gasteiger partial charge in [-0.05, 0) is 83.1 Å². The van der Waals surface area contributed by atoms with Crippen molar-refractivity contribution in [3.8, 4) is 0 Å².